The summed E-state index contributed by atoms with van der Waals surface area (Å²) in [7, 11) is 0. The number of hydrogen-bond donors (Lipinski definition) is 2. The summed E-state index contributed by atoms with van der Waals surface area (Å²) in [5, 5.41) is 0.744. The van der Waals surface area contributed by atoms with E-state index in [1.54, 1.807) is 0 Å². The Labute approximate surface area is 111 Å². The number of nitrogens with two attached hydrogens (primary N) is 2. The number of benzene rings is 1. The zero-order valence-electron chi connectivity index (χ0n) is 8.56. The van der Waals surface area contributed by atoms with Crippen molar-refractivity contribution >= 4 is 41.4 Å². The Morgan fingerprint density at radius 3 is 2.44 bits per heavy atom. The smallest absolute Gasteiger partial charge is 0.254 e. The molecule has 0 radical (unpaired) electrons. The fraction of sp³-hybridized carbons (Fsp3) is 0.300. The summed E-state index contributed by atoms with van der Waals surface area (Å²) in [5.74, 6) is 0. The van der Waals surface area contributed by atoms with Crippen molar-refractivity contribution in [2.75, 3.05) is 6.61 Å². The van der Waals surface area contributed by atoms with Gasteiger partial charge in [-0.3, -0.25) is 0 Å². The minimum atomic E-state index is -0.118. The molecule has 0 saturated carbocycles. The highest BCUT2D eigenvalue weighted by molar-refractivity contribution is 7.80. The quantitative estimate of drug-likeness (QED) is 0.827. The molecule has 1 aromatic rings. The lowest BCUT2D eigenvalue weighted by Gasteiger charge is -2.11. The van der Waals surface area contributed by atoms with Crippen LogP contribution in [0.5, 0.6) is 0 Å². The molecule has 0 aliphatic carbocycles. The number of ether oxygens (including phenoxy) is 1. The van der Waals surface area contributed by atoms with Crippen LogP contribution in [0, 0.1) is 0 Å². The van der Waals surface area contributed by atoms with Crippen molar-refractivity contribution in [2.45, 2.75) is 12.5 Å². The molecule has 4 N–H and O–H groups in total. The lowest BCUT2D eigenvalue weighted by atomic mass is 10.1. The van der Waals surface area contributed by atoms with Gasteiger partial charge in [-0.1, -0.05) is 23.7 Å². The summed E-state index contributed by atoms with van der Waals surface area (Å²) in [6, 6.07) is 7.41. The molecule has 90 valence electrons. The predicted octanol–water partition coefficient (Wildman–Crippen LogP) is 1.89. The number of rotatable bonds is 4. The molecule has 0 aliphatic heterocycles. The first-order chi connectivity index (χ1) is 7.08. The number of halogens is 2. The predicted molar refractivity (Wildman–Crippen MR) is 73.1 cm³/mol. The Morgan fingerprint density at radius 2 is 1.94 bits per heavy atom. The zero-order chi connectivity index (χ0) is 11.3. The van der Waals surface area contributed by atoms with Crippen molar-refractivity contribution in [1.29, 1.82) is 0 Å². The van der Waals surface area contributed by atoms with E-state index < -0.39 is 0 Å². The van der Waals surface area contributed by atoms with E-state index in [9.17, 15) is 0 Å². The molecule has 0 saturated heterocycles. The molecule has 1 aromatic carbocycles. The highest BCUT2D eigenvalue weighted by Crippen LogP contribution is 2.10. The van der Waals surface area contributed by atoms with E-state index in [1.807, 2.05) is 24.3 Å². The second-order valence-corrected chi connectivity index (χ2v) is 4.06. The van der Waals surface area contributed by atoms with Gasteiger partial charge in [0.15, 0.2) is 0 Å². The summed E-state index contributed by atoms with van der Waals surface area (Å²) in [6.45, 7) is 0.331. The van der Waals surface area contributed by atoms with Gasteiger partial charge in [-0.25, -0.2) is 0 Å². The van der Waals surface area contributed by atoms with E-state index >= 15 is 0 Å². The van der Waals surface area contributed by atoms with Crippen LogP contribution >= 0.6 is 36.2 Å². The molecule has 16 heavy (non-hydrogen) atoms. The Hall–Kier alpha value is -0.550. The maximum atomic E-state index is 5.82. The van der Waals surface area contributed by atoms with Gasteiger partial charge in [0.1, 0.15) is 6.61 Å². The third-order valence-corrected chi connectivity index (χ3v) is 2.22. The summed E-state index contributed by atoms with van der Waals surface area (Å²) >= 11 is 10.3. The Morgan fingerprint density at radius 1 is 1.38 bits per heavy atom. The molecule has 1 unspecified atom stereocenters. The minimum Gasteiger partial charge on any atom is -0.470 e. The molecule has 0 spiro atoms. The van der Waals surface area contributed by atoms with Crippen molar-refractivity contribution in [1.82, 2.24) is 0 Å². The SMILES string of the molecule is Cl.NC(=S)OCC(N)Cc1ccc(Cl)cc1. The molecule has 0 bridgehead atoms. The van der Waals surface area contributed by atoms with Crippen LogP contribution < -0.4 is 11.5 Å². The van der Waals surface area contributed by atoms with Gasteiger partial charge in [-0.05, 0) is 36.3 Å². The maximum Gasteiger partial charge on any atom is 0.254 e. The highest BCUT2D eigenvalue weighted by atomic mass is 35.5. The van der Waals surface area contributed by atoms with Crippen LogP contribution in [0.25, 0.3) is 0 Å². The van der Waals surface area contributed by atoms with Crippen molar-refractivity contribution in [2.24, 2.45) is 11.5 Å². The Kier molecular flexibility index (Phi) is 7.42. The van der Waals surface area contributed by atoms with Gasteiger partial charge < -0.3 is 16.2 Å². The largest absolute Gasteiger partial charge is 0.470 e. The van der Waals surface area contributed by atoms with Gasteiger partial charge in [0, 0.05) is 11.1 Å². The van der Waals surface area contributed by atoms with Crippen LogP contribution in [-0.2, 0) is 11.2 Å². The van der Waals surface area contributed by atoms with E-state index in [0.717, 1.165) is 5.56 Å². The van der Waals surface area contributed by atoms with E-state index in [0.29, 0.717) is 18.1 Å². The van der Waals surface area contributed by atoms with E-state index in [4.69, 9.17) is 27.8 Å². The van der Waals surface area contributed by atoms with Gasteiger partial charge in [-0.15, -0.1) is 12.4 Å². The first-order valence-corrected chi connectivity index (χ1v) is 5.29. The van der Waals surface area contributed by atoms with Crippen molar-refractivity contribution in [3.8, 4) is 0 Å². The summed E-state index contributed by atoms with van der Waals surface area (Å²) in [6.07, 6.45) is 0.708. The second-order valence-electron chi connectivity index (χ2n) is 3.22. The molecule has 1 atom stereocenters. The fourth-order valence-corrected chi connectivity index (χ4v) is 1.37. The van der Waals surface area contributed by atoms with Crippen LogP contribution in [0.4, 0.5) is 0 Å². The fourth-order valence-electron chi connectivity index (χ4n) is 1.17. The van der Waals surface area contributed by atoms with E-state index in [-0.39, 0.29) is 23.6 Å². The van der Waals surface area contributed by atoms with Gasteiger partial charge in [0.2, 0.25) is 0 Å². The topological polar surface area (TPSA) is 61.3 Å². The molecule has 0 fully saturated rings. The summed E-state index contributed by atoms with van der Waals surface area (Å²) in [4.78, 5) is 0. The molecule has 6 heteroatoms. The van der Waals surface area contributed by atoms with Gasteiger partial charge in [0.05, 0.1) is 0 Å². The Balaban J connectivity index is 0.00000225. The molecular weight excluding hydrogens is 267 g/mol. The third kappa shape index (κ3) is 6.12. The molecule has 1 rings (SSSR count). The first kappa shape index (κ1) is 15.4. The number of thiocarbonyl (C=S) groups is 1. The summed E-state index contributed by atoms with van der Waals surface area (Å²) in [5.41, 5.74) is 12.1. The zero-order valence-corrected chi connectivity index (χ0v) is 10.9. The van der Waals surface area contributed by atoms with Crippen LogP contribution in [0.15, 0.2) is 24.3 Å². The third-order valence-electron chi connectivity index (χ3n) is 1.85. The van der Waals surface area contributed by atoms with Crippen LogP contribution in [0.2, 0.25) is 5.02 Å². The van der Waals surface area contributed by atoms with Gasteiger partial charge >= 0.3 is 0 Å². The molecule has 0 aliphatic rings. The highest BCUT2D eigenvalue weighted by Gasteiger charge is 2.05. The van der Waals surface area contributed by atoms with E-state index in [1.165, 1.54) is 0 Å². The summed E-state index contributed by atoms with van der Waals surface area (Å²) < 4.78 is 4.96. The minimum absolute atomic E-state index is 0. The first-order valence-electron chi connectivity index (χ1n) is 4.50. The van der Waals surface area contributed by atoms with Gasteiger partial charge in [0.25, 0.3) is 5.17 Å². The average molecular weight is 281 g/mol. The maximum absolute atomic E-state index is 5.82. The number of hydrogen-bond acceptors (Lipinski definition) is 3. The van der Waals surface area contributed by atoms with Crippen LogP contribution in [0.3, 0.4) is 0 Å². The molecule has 3 nitrogen and oxygen atoms in total. The lowest BCUT2D eigenvalue weighted by Crippen LogP contribution is -2.31. The van der Waals surface area contributed by atoms with Crippen LogP contribution in [0.1, 0.15) is 5.56 Å². The van der Waals surface area contributed by atoms with Crippen molar-refractivity contribution in [3.63, 3.8) is 0 Å². The van der Waals surface area contributed by atoms with Crippen LogP contribution in [-0.4, -0.2) is 17.8 Å². The average Bonchev–Trinajstić information content (AvgIpc) is 2.19. The van der Waals surface area contributed by atoms with E-state index in [2.05, 4.69) is 12.2 Å². The molecule has 0 amide bonds. The lowest BCUT2D eigenvalue weighted by molar-refractivity contribution is 0.278. The molecule has 0 aromatic heterocycles. The monoisotopic (exact) mass is 280 g/mol. The Bertz CT molecular complexity index is 332. The normalized spacial score (nSPS) is 11.4. The van der Waals surface area contributed by atoms with Crippen molar-refractivity contribution < 1.29 is 4.74 Å². The van der Waals surface area contributed by atoms with Gasteiger partial charge in [-0.2, -0.15) is 0 Å². The standard InChI is InChI=1S/C10H13ClN2OS.ClH/c11-8-3-1-7(2-4-8)5-9(12)6-14-10(13)15;/h1-4,9H,5-6,12H2,(H2,13,15);1H. The second kappa shape index (κ2) is 7.68. The molecular formula is C10H14Cl2N2OS. The van der Waals surface area contributed by atoms with Crippen molar-refractivity contribution in [3.05, 3.63) is 34.9 Å². The molecule has 0 heterocycles.